The van der Waals surface area contributed by atoms with Crippen LogP contribution in [0.1, 0.15) is 0 Å². The fourth-order valence-corrected chi connectivity index (χ4v) is 2.38. The van der Waals surface area contributed by atoms with Crippen LogP contribution in [0.5, 0.6) is 0 Å². The minimum absolute atomic E-state index is 0.568. The van der Waals surface area contributed by atoms with Gasteiger partial charge in [0.1, 0.15) is 11.5 Å². The Balaban J connectivity index is 2.29. The molecule has 0 unspecified atom stereocenters. The molecule has 100 valence electrons. The maximum atomic E-state index is 6.29. The van der Waals surface area contributed by atoms with Gasteiger partial charge in [0.25, 0.3) is 0 Å². The van der Waals surface area contributed by atoms with Crippen molar-refractivity contribution in [2.24, 2.45) is 7.05 Å². The van der Waals surface area contributed by atoms with E-state index in [1.165, 1.54) is 0 Å². The summed E-state index contributed by atoms with van der Waals surface area (Å²) in [5.41, 5.74) is 9.34. The summed E-state index contributed by atoms with van der Waals surface area (Å²) in [5.74, 6) is 0.568. The van der Waals surface area contributed by atoms with Crippen molar-refractivity contribution in [2.75, 3.05) is 5.73 Å². The first-order valence-corrected chi connectivity index (χ1v) is 6.55. The molecular formula is C15H13ClN4. The molecule has 0 fully saturated rings. The molecule has 3 rings (SSSR count). The van der Waals surface area contributed by atoms with Crippen LogP contribution < -0.4 is 5.73 Å². The van der Waals surface area contributed by atoms with Crippen molar-refractivity contribution in [3.63, 3.8) is 0 Å². The third-order valence-corrected chi connectivity index (χ3v) is 3.47. The van der Waals surface area contributed by atoms with Crippen molar-refractivity contribution in [2.45, 2.75) is 0 Å². The second-order valence-corrected chi connectivity index (χ2v) is 4.83. The van der Waals surface area contributed by atoms with Gasteiger partial charge in [0, 0.05) is 23.8 Å². The average Bonchev–Trinajstić information content (AvgIpc) is 2.77. The number of anilines is 1. The molecule has 0 aliphatic heterocycles. The Morgan fingerprint density at radius 1 is 1.10 bits per heavy atom. The van der Waals surface area contributed by atoms with Gasteiger partial charge in [-0.1, -0.05) is 35.9 Å². The summed E-state index contributed by atoms with van der Waals surface area (Å²) in [5, 5.41) is 5.11. The Bertz CT molecular complexity index is 750. The lowest BCUT2D eigenvalue weighted by Gasteiger charge is -2.06. The lowest BCUT2D eigenvalue weighted by Crippen LogP contribution is -1.98. The standard InChI is InChI=1S/C15H13ClN4/c1-20-15(17)13(10-6-2-3-7-11(10)16)14(19-20)12-8-4-5-9-18-12/h2-9H,17H2,1H3. The Hall–Kier alpha value is -2.33. The Morgan fingerprint density at radius 2 is 1.85 bits per heavy atom. The maximum Gasteiger partial charge on any atom is 0.130 e. The van der Waals surface area contributed by atoms with Gasteiger partial charge in [-0.25, -0.2) is 0 Å². The van der Waals surface area contributed by atoms with E-state index in [1.54, 1.807) is 10.9 Å². The highest BCUT2D eigenvalue weighted by atomic mass is 35.5. The highest BCUT2D eigenvalue weighted by Crippen LogP contribution is 2.38. The highest BCUT2D eigenvalue weighted by Gasteiger charge is 2.19. The van der Waals surface area contributed by atoms with Gasteiger partial charge in [-0.15, -0.1) is 0 Å². The number of hydrogen-bond donors (Lipinski definition) is 1. The molecule has 0 radical (unpaired) electrons. The summed E-state index contributed by atoms with van der Waals surface area (Å²) in [4.78, 5) is 4.34. The largest absolute Gasteiger partial charge is 0.383 e. The molecule has 0 spiro atoms. The van der Waals surface area contributed by atoms with E-state index in [0.29, 0.717) is 10.8 Å². The van der Waals surface area contributed by atoms with Crippen LogP contribution in [-0.4, -0.2) is 14.8 Å². The van der Waals surface area contributed by atoms with Gasteiger partial charge >= 0.3 is 0 Å². The van der Waals surface area contributed by atoms with Gasteiger partial charge in [0.05, 0.1) is 11.3 Å². The smallest absolute Gasteiger partial charge is 0.130 e. The third kappa shape index (κ3) is 2.04. The number of nitrogens with two attached hydrogens (primary N) is 1. The molecule has 0 aliphatic rings. The lowest BCUT2D eigenvalue weighted by atomic mass is 10.0. The number of aryl methyl sites for hydroxylation is 1. The maximum absolute atomic E-state index is 6.29. The molecule has 0 saturated carbocycles. The van der Waals surface area contributed by atoms with E-state index >= 15 is 0 Å². The summed E-state index contributed by atoms with van der Waals surface area (Å²) < 4.78 is 1.64. The SMILES string of the molecule is Cn1nc(-c2ccccn2)c(-c2ccccc2Cl)c1N. The molecule has 0 atom stereocenters. The fraction of sp³-hybridized carbons (Fsp3) is 0.0667. The summed E-state index contributed by atoms with van der Waals surface area (Å²) in [6, 6.07) is 13.3. The van der Waals surface area contributed by atoms with Gasteiger partial charge in [0.2, 0.25) is 0 Å². The normalized spacial score (nSPS) is 10.7. The molecule has 2 aromatic heterocycles. The van der Waals surface area contributed by atoms with Gasteiger partial charge in [0.15, 0.2) is 0 Å². The molecule has 2 heterocycles. The molecule has 0 bridgehead atoms. The van der Waals surface area contributed by atoms with Gasteiger partial charge in [-0.2, -0.15) is 5.10 Å². The molecule has 4 nitrogen and oxygen atoms in total. The molecule has 0 aliphatic carbocycles. The number of pyridine rings is 1. The monoisotopic (exact) mass is 284 g/mol. The first-order valence-electron chi connectivity index (χ1n) is 6.17. The van der Waals surface area contributed by atoms with E-state index in [-0.39, 0.29) is 0 Å². The quantitative estimate of drug-likeness (QED) is 0.785. The number of nitrogen functional groups attached to an aromatic ring is 1. The summed E-state index contributed by atoms with van der Waals surface area (Å²) in [7, 11) is 1.81. The molecule has 5 heteroatoms. The number of nitrogens with zero attached hydrogens (tertiary/aromatic N) is 3. The summed E-state index contributed by atoms with van der Waals surface area (Å²) >= 11 is 6.29. The predicted molar refractivity (Wildman–Crippen MR) is 81.3 cm³/mol. The number of benzene rings is 1. The zero-order chi connectivity index (χ0) is 14.1. The number of hydrogen-bond acceptors (Lipinski definition) is 3. The van der Waals surface area contributed by atoms with Crippen LogP contribution in [0.15, 0.2) is 48.7 Å². The van der Waals surface area contributed by atoms with Crippen LogP contribution in [0.25, 0.3) is 22.5 Å². The van der Waals surface area contributed by atoms with Crippen molar-refractivity contribution in [3.05, 3.63) is 53.7 Å². The topological polar surface area (TPSA) is 56.7 Å². The number of rotatable bonds is 2. The van der Waals surface area contributed by atoms with Crippen molar-refractivity contribution in [1.29, 1.82) is 0 Å². The number of aromatic nitrogens is 3. The van der Waals surface area contributed by atoms with Crippen molar-refractivity contribution in [3.8, 4) is 22.5 Å². The summed E-state index contributed by atoms with van der Waals surface area (Å²) in [6.07, 6.45) is 1.73. The molecule has 1 aromatic carbocycles. The fourth-order valence-electron chi connectivity index (χ4n) is 2.15. The van der Waals surface area contributed by atoms with Crippen LogP contribution in [0.4, 0.5) is 5.82 Å². The van der Waals surface area contributed by atoms with E-state index in [9.17, 15) is 0 Å². The van der Waals surface area contributed by atoms with Crippen LogP contribution in [0.3, 0.4) is 0 Å². The van der Waals surface area contributed by atoms with Gasteiger partial charge in [-0.3, -0.25) is 9.67 Å². The Morgan fingerprint density at radius 3 is 2.55 bits per heavy atom. The Kier molecular flexibility index (Phi) is 3.16. The number of halogens is 1. The van der Waals surface area contributed by atoms with E-state index in [4.69, 9.17) is 17.3 Å². The molecule has 0 saturated heterocycles. The predicted octanol–water partition coefficient (Wildman–Crippen LogP) is 3.38. The van der Waals surface area contributed by atoms with Crippen LogP contribution in [-0.2, 0) is 7.05 Å². The minimum Gasteiger partial charge on any atom is -0.383 e. The first-order chi connectivity index (χ1) is 9.68. The third-order valence-electron chi connectivity index (χ3n) is 3.14. The van der Waals surface area contributed by atoms with Crippen LogP contribution >= 0.6 is 11.6 Å². The van der Waals surface area contributed by atoms with Crippen LogP contribution in [0.2, 0.25) is 5.02 Å². The van der Waals surface area contributed by atoms with Crippen LogP contribution in [0, 0.1) is 0 Å². The minimum atomic E-state index is 0.568. The molecule has 20 heavy (non-hydrogen) atoms. The highest BCUT2D eigenvalue weighted by molar-refractivity contribution is 6.33. The van der Waals surface area contributed by atoms with E-state index < -0.39 is 0 Å². The Labute approximate surface area is 121 Å². The average molecular weight is 285 g/mol. The summed E-state index contributed by atoms with van der Waals surface area (Å²) in [6.45, 7) is 0. The molecule has 3 aromatic rings. The van der Waals surface area contributed by atoms with Gasteiger partial charge in [-0.05, 0) is 18.2 Å². The van der Waals surface area contributed by atoms with E-state index in [1.807, 2.05) is 49.5 Å². The van der Waals surface area contributed by atoms with Crippen molar-refractivity contribution >= 4 is 17.4 Å². The molecule has 0 amide bonds. The first kappa shape index (κ1) is 12.7. The van der Waals surface area contributed by atoms with E-state index in [0.717, 1.165) is 22.5 Å². The van der Waals surface area contributed by atoms with E-state index in [2.05, 4.69) is 10.1 Å². The molecule has 2 N–H and O–H groups in total. The van der Waals surface area contributed by atoms with Gasteiger partial charge < -0.3 is 5.73 Å². The zero-order valence-electron chi connectivity index (χ0n) is 10.9. The lowest BCUT2D eigenvalue weighted by molar-refractivity contribution is 0.781. The van der Waals surface area contributed by atoms with Crippen molar-refractivity contribution in [1.82, 2.24) is 14.8 Å². The molecular weight excluding hydrogens is 272 g/mol. The van der Waals surface area contributed by atoms with Crippen molar-refractivity contribution < 1.29 is 0 Å². The zero-order valence-corrected chi connectivity index (χ0v) is 11.7. The second-order valence-electron chi connectivity index (χ2n) is 4.43. The second kappa shape index (κ2) is 4.98.